The topological polar surface area (TPSA) is 53.9 Å². The fourth-order valence-electron chi connectivity index (χ4n) is 2.37. The highest BCUT2D eigenvalue weighted by Gasteiger charge is 2.10. The minimum absolute atomic E-state index is 0.383. The zero-order valence-corrected chi connectivity index (χ0v) is 15.2. The van der Waals surface area contributed by atoms with Crippen molar-refractivity contribution in [2.75, 3.05) is 16.8 Å². The molecule has 0 aliphatic heterocycles. The van der Waals surface area contributed by atoms with E-state index in [2.05, 4.69) is 44.5 Å². The Hall–Kier alpha value is -2.37. The molecule has 3 rings (SSSR count). The van der Waals surface area contributed by atoms with E-state index in [1.54, 1.807) is 24.4 Å². The van der Waals surface area contributed by atoms with Gasteiger partial charge in [-0.1, -0.05) is 53.5 Å². The van der Waals surface area contributed by atoms with E-state index in [1.165, 1.54) is 5.56 Å². The second kappa shape index (κ2) is 8.14. The molecule has 0 aliphatic rings. The maximum atomic E-state index is 6.18. The van der Waals surface area contributed by atoms with Gasteiger partial charge in [-0.3, -0.25) is 0 Å². The van der Waals surface area contributed by atoms with Crippen LogP contribution in [0.4, 0.5) is 17.5 Å². The quantitative estimate of drug-likeness (QED) is 0.662. The first-order chi connectivity index (χ1) is 12.2. The lowest BCUT2D eigenvalue weighted by Gasteiger charge is -2.21. The maximum absolute atomic E-state index is 6.18. The van der Waals surface area contributed by atoms with Gasteiger partial charge in [0, 0.05) is 18.1 Å². The Balaban J connectivity index is 1.80. The van der Waals surface area contributed by atoms with E-state index in [9.17, 15) is 0 Å². The third-order valence-corrected chi connectivity index (χ3v) is 4.19. The van der Waals surface area contributed by atoms with Crippen LogP contribution in [-0.2, 0) is 6.54 Å². The lowest BCUT2D eigenvalue weighted by molar-refractivity contribution is 0.798. The Morgan fingerprint density at radius 2 is 1.88 bits per heavy atom. The summed E-state index contributed by atoms with van der Waals surface area (Å²) >= 11 is 12.1. The fourth-order valence-corrected chi connectivity index (χ4v) is 2.83. The molecule has 25 heavy (non-hydrogen) atoms. The van der Waals surface area contributed by atoms with E-state index in [0.717, 1.165) is 18.9 Å². The maximum Gasteiger partial charge on any atom is 0.249 e. The Kier molecular flexibility index (Phi) is 5.68. The van der Waals surface area contributed by atoms with Crippen LogP contribution in [0.5, 0.6) is 0 Å². The highest BCUT2D eigenvalue weighted by molar-refractivity contribution is 6.36. The van der Waals surface area contributed by atoms with E-state index >= 15 is 0 Å². The highest BCUT2D eigenvalue weighted by atomic mass is 35.5. The van der Waals surface area contributed by atoms with E-state index in [4.69, 9.17) is 23.2 Å². The molecule has 0 unspecified atom stereocenters. The van der Waals surface area contributed by atoms with Gasteiger partial charge in [0.1, 0.15) is 0 Å². The monoisotopic (exact) mass is 373 g/mol. The average molecular weight is 374 g/mol. The molecule has 1 aromatic heterocycles. The Labute approximate surface area is 156 Å². The lowest BCUT2D eigenvalue weighted by atomic mass is 10.2. The lowest BCUT2D eigenvalue weighted by Crippen LogP contribution is -2.23. The van der Waals surface area contributed by atoms with Crippen molar-refractivity contribution in [2.24, 2.45) is 0 Å². The largest absolute Gasteiger partial charge is 0.351 e. The van der Waals surface area contributed by atoms with Crippen LogP contribution in [0.2, 0.25) is 10.0 Å². The van der Waals surface area contributed by atoms with Gasteiger partial charge in [-0.2, -0.15) is 10.1 Å². The van der Waals surface area contributed by atoms with Crippen molar-refractivity contribution in [3.63, 3.8) is 0 Å². The molecule has 0 radical (unpaired) electrons. The number of nitrogens with one attached hydrogen (secondary N) is 1. The molecule has 0 saturated carbocycles. The van der Waals surface area contributed by atoms with Crippen molar-refractivity contribution >= 4 is 40.7 Å². The number of hydrogen-bond acceptors (Lipinski definition) is 5. The molecule has 128 valence electrons. The summed E-state index contributed by atoms with van der Waals surface area (Å²) in [6, 6.07) is 15.4. The molecule has 1 heterocycles. The highest BCUT2D eigenvalue weighted by Crippen LogP contribution is 2.27. The molecule has 0 spiro atoms. The van der Waals surface area contributed by atoms with Crippen LogP contribution < -0.4 is 10.2 Å². The van der Waals surface area contributed by atoms with E-state index < -0.39 is 0 Å². The molecule has 5 nitrogen and oxygen atoms in total. The van der Waals surface area contributed by atoms with Crippen LogP contribution in [0.25, 0.3) is 0 Å². The zero-order chi connectivity index (χ0) is 17.6. The van der Waals surface area contributed by atoms with E-state index in [0.29, 0.717) is 21.7 Å². The first kappa shape index (κ1) is 17.5. The van der Waals surface area contributed by atoms with Crippen molar-refractivity contribution < 1.29 is 0 Å². The predicted octanol–water partition coefficient (Wildman–Crippen LogP) is 4.95. The number of anilines is 3. The molecule has 3 aromatic rings. The molecule has 1 N–H and O–H groups in total. The third-order valence-electron chi connectivity index (χ3n) is 3.65. The standard InChI is InChI=1S/C18H17Cl2N5/c1-2-25(12-13-6-4-3-5-7-13)17-11-21-24-18(23-17)22-16-9-8-14(19)10-15(16)20/h3-11H,2,12H2,1H3,(H,22,23,24). The van der Waals surface area contributed by atoms with Crippen molar-refractivity contribution in [2.45, 2.75) is 13.5 Å². The van der Waals surface area contributed by atoms with E-state index in [1.807, 2.05) is 18.2 Å². The Bertz CT molecular complexity index is 842. The van der Waals surface area contributed by atoms with Crippen molar-refractivity contribution in [1.29, 1.82) is 0 Å². The number of benzene rings is 2. The summed E-state index contributed by atoms with van der Waals surface area (Å²) < 4.78 is 0. The van der Waals surface area contributed by atoms with Crippen LogP contribution in [0.3, 0.4) is 0 Å². The normalized spacial score (nSPS) is 10.5. The Morgan fingerprint density at radius 1 is 1.08 bits per heavy atom. The van der Waals surface area contributed by atoms with Gasteiger partial charge in [0.25, 0.3) is 0 Å². The van der Waals surface area contributed by atoms with Gasteiger partial charge < -0.3 is 10.2 Å². The molecule has 0 amide bonds. The summed E-state index contributed by atoms with van der Waals surface area (Å²) in [6.45, 7) is 3.63. The SMILES string of the molecule is CCN(Cc1ccccc1)c1cnnc(Nc2ccc(Cl)cc2Cl)n1. The number of halogens is 2. The molecule has 0 fully saturated rings. The van der Waals surface area contributed by atoms with Gasteiger partial charge in [0.2, 0.25) is 5.95 Å². The first-order valence-electron chi connectivity index (χ1n) is 7.86. The molecule has 7 heteroatoms. The number of rotatable bonds is 6. The molecular weight excluding hydrogens is 357 g/mol. The summed E-state index contributed by atoms with van der Waals surface area (Å²) in [5, 5.41) is 12.2. The van der Waals surface area contributed by atoms with Crippen molar-refractivity contribution in [1.82, 2.24) is 15.2 Å². The molecule has 0 aliphatic carbocycles. The minimum Gasteiger partial charge on any atom is -0.351 e. The Morgan fingerprint density at radius 3 is 2.60 bits per heavy atom. The van der Waals surface area contributed by atoms with Crippen molar-refractivity contribution in [3.05, 3.63) is 70.3 Å². The van der Waals surface area contributed by atoms with Crippen LogP contribution >= 0.6 is 23.2 Å². The smallest absolute Gasteiger partial charge is 0.249 e. The second-order valence-corrected chi connectivity index (χ2v) is 6.23. The van der Waals surface area contributed by atoms with Gasteiger partial charge in [0.05, 0.1) is 16.9 Å². The first-order valence-corrected chi connectivity index (χ1v) is 8.62. The number of hydrogen-bond donors (Lipinski definition) is 1. The van der Waals surface area contributed by atoms with Crippen molar-refractivity contribution in [3.8, 4) is 0 Å². The molecule has 0 bridgehead atoms. The average Bonchev–Trinajstić information content (AvgIpc) is 2.63. The zero-order valence-electron chi connectivity index (χ0n) is 13.7. The predicted molar refractivity (Wildman–Crippen MR) is 103 cm³/mol. The van der Waals surface area contributed by atoms with Gasteiger partial charge in [0.15, 0.2) is 5.82 Å². The van der Waals surface area contributed by atoms with Crippen LogP contribution in [0.15, 0.2) is 54.7 Å². The van der Waals surface area contributed by atoms with E-state index in [-0.39, 0.29) is 0 Å². The van der Waals surface area contributed by atoms with Crippen LogP contribution in [0, 0.1) is 0 Å². The summed E-state index contributed by atoms with van der Waals surface area (Å²) in [7, 11) is 0. The molecule has 0 saturated heterocycles. The van der Waals surface area contributed by atoms with Gasteiger partial charge in [-0.25, -0.2) is 0 Å². The molecular formula is C18H17Cl2N5. The summed E-state index contributed by atoms with van der Waals surface area (Å²) in [6.07, 6.45) is 1.65. The minimum atomic E-state index is 0.383. The molecule has 2 aromatic carbocycles. The number of nitrogens with zero attached hydrogens (tertiary/aromatic N) is 4. The van der Waals surface area contributed by atoms with Gasteiger partial charge in [-0.05, 0) is 30.7 Å². The summed E-state index contributed by atoms with van der Waals surface area (Å²) in [5.41, 5.74) is 1.88. The molecule has 0 atom stereocenters. The van der Waals surface area contributed by atoms with Gasteiger partial charge >= 0.3 is 0 Å². The number of aromatic nitrogens is 3. The van der Waals surface area contributed by atoms with Gasteiger partial charge in [-0.15, -0.1) is 5.10 Å². The second-order valence-electron chi connectivity index (χ2n) is 5.39. The fraction of sp³-hybridized carbons (Fsp3) is 0.167. The van der Waals surface area contributed by atoms with Crippen LogP contribution in [0.1, 0.15) is 12.5 Å². The summed E-state index contributed by atoms with van der Waals surface area (Å²) in [4.78, 5) is 6.67. The summed E-state index contributed by atoms with van der Waals surface area (Å²) in [5.74, 6) is 1.13. The van der Waals surface area contributed by atoms with Crippen LogP contribution in [-0.4, -0.2) is 21.7 Å². The third kappa shape index (κ3) is 4.59.